The van der Waals surface area contributed by atoms with Gasteiger partial charge in [0, 0.05) is 42.7 Å². The van der Waals surface area contributed by atoms with Crippen molar-refractivity contribution in [2.45, 2.75) is 0 Å². The second-order valence-electron chi connectivity index (χ2n) is 26.4. The minimum absolute atomic E-state index is 0. The van der Waals surface area contributed by atoms with E-state index in [4.69, 9.17) is 9.97 Å². The first-order valence-electron chi connectivity index (χ1n) is 35.9. The van der Waals surface area contributed by atoms with Gasteiger partial charge in [-0.25, -0.2) is 17.7 Å². The van der Waals surface area contributed by atoms with Gasteiger partial charge in [0.1, 0.15) is 0 Å². The van der Waals surface area contributed by atoms with Gasteiger partial charge in [0.2, 0.25) is 0 Å². The van der Waals surface area contributed by atoms with Crippen LogP contribution in [0.15, 0.2) is 377 Å². The van der Waals surface area contributed by atoms with Crippen LogP contribution in [0.1, 0.15) is 0 Å². The second-order valence-corrected chi connectivity index (χ2v) is 26.4. The summed E-state index contributed by atoms with van der Waals surface area (Å²) in [6.45, 7) is 0. The van der Waals surface area contributed by atoms with Gasteiger partial charge in [0.15, 0.2) is 0 Å². The van der Waals surface area contributed by atoms with E-state index in [0.717, 1.165) is 179 Å². The Morgan fingerprint density at radius 3 is 0.600 bits per heavy atom. The zero-order valence-electron chi connectivity index (χ0n) is 59.1. The van der Waals surface area contributed by atoms with Gasteiger partial charge in [-0.15, -0.1) is 119 Å². The fourth-order valence-electron chi connectivity index (χ4n) is 14.5. The van der Waals surface area contributed by atoms with Gasteiger partial charge in [0.05, 0.1) is 0 Å². The topological polar surface area (TPSA) is 77.3 Å². The normalized spacial score (nSPS) is 10.9. The molecule has 0 bridgehead atoms. The smallest absolute Gasteiger partial charge is 0.332 e. The largest absolute Gasteiger partial charge is 3.00 e. The number of hydrogen-bond acceptors (Lipinski definition) is 6. The third kappa shape index (κ3) is 14.9. The van der Waals surface area contributed by atoms with Crippen LogP contribution in [0.3, 0.4) is 0 Å². The summed E-state index contributed by atoms with van der Waals surface area (Å²) in [6, 6.07) is 140. The summed E-state index contributed by atoms with van der Waals surface area (Å²) < 4.78 is 0. The van der Waals surface area contributed by atoms with E-state index in [1.165, 1.54) is 0 Å². The van der Waals surface area contributed by atoms with Crippen LogP contribution < -0.4 is 0 Å². The van der Waals surface area contributed by atoms with Crippen molar-refractivity contribution in [2.75, 3.05) is 0 Å². The summed E-state index contributed by atoms with van der Waals surface area (Å²) in [4.78, 5) is 28.6. The van der Waals surface area contributed by atoms with Crippen molar-refractivity contribution in [3.63, 3.8) is 0 Å². The summed E-state index contributed by atoms with van der Waals surface area (Å²) in [6.07, 6.45) is 11.1. The minimum atomic E-state index is 0. The van der Waals surface area contributed by atoms with Gasteiger partial charge < -0.3 is 29.9 Å². The standard InChI is InChI=1S/C102H62N6.2Ir/c1-6-26-91(86(21-1)69-37-47-74(48-38-69)98-33-13-17-57-103-98)79-61-80(92-27-7-2-22-87(92)70-39-49-75(50-40-70)99-34-14-18-58-104-99)63-81(62-79)95-30-10-5-25-90(95)73-45-55-78(56-46-73)102-107-67-85(68-108-102)97-32-12-11-31-96(97)84-65-82(93-28-8-3-23-88(93)71-41-51-76(52-42-71)100-35-15-19-59-105-100)64-83(66-84)94-29-9-4-24-89(94)72-43-53-77(54-44-72)101-36-16-20-60-106-101;;/h1-47,49,51,53,57-68H;;/q-6;2*+3. The number of hydrogen-bond donors (Lipinski definition) is 0. The average Bonchev–Trinajstić information content (AvgIpc) is 0.771. The van der Waals surface area contributed by atoms with Crippen molar-refractivity contribution in [2.24, 2.45) is 0 Å². The predicted molar refractivity (Wildman–Crippen MR) is 439 cm³/mol. The van der Waals surface area contributed by atoms with Gasteiger partial charge in [-0.05, 0) is 162 Å². The van der Waals surface area contributed by atoms with Crippen molar-refractivity contribution in [3.8, 4) is 190 Å². The fraction of sp³-hybridized carbons (Fsp3) is 0. The molecular formula is C102H62Ir2N6. The maximum Gasteiger partial charge on any atom is 3.00 e. The molecule has 0 aliphatic rings. The van der Waals surface area contributed by atoms with E-state index in [9.17, 15) is 0 Å². The molecule has 18 aromatic rings. The van der Waals surface area contributed by atoms with E-state index < -0.39 is 0 Å². The summed E-state index contributed by atoms with van der Waals surface area (Å²) in [7, 11) is 0. The van der Waals surface area contributed by atoms with Crippen molar-refractivity contribution < 1.29 is 40.2 Å². The Kier molecular flexibility index (Phi) is 21.0. The number of rotatable bonds is 17. The van der Waals surface area contributed by atoms with Crippen LogP contribution in [0.4, 0.5) is 0 Å². The van der Waals surface area contributed by atoms with Crippen LogP contribution in [0.2, 0.25) is 0 Å². The van der Waals surface area contributed by atoms with Crippen molar-refractivity contribution in [3.05, 3.63) is 413 Å². The molecule has 110 heavy (non-hydrogen) atoms. The SMILES string of the molecule is [Ir+3].[Ir+3].[c-]1cc(-c2ccccc2-c2cc(-c3ccccc3-c3c[c-]c(-c4ccccn4)cc3)cc(-c3ccccc3-c3c[c-]c(-c4ccccn4)cc3)c2)c[c-]c1-c1ncc(-c2ccccc2-c2cc(-c3ccccc3-c3c[c-]c(-c4ccccn4)cc3)cc(-c3ccccc3-c3c[c-]c(-c4ccccn4)cc3)c2)cn1. The van der Waals surface area contributed by atoms with Gasteiger partial charge in [-0.1, -0.05) is 244 Å². The Morgan fingerprint density at radius 1 is 0.173 bits per heavy atom. The van der Waals surface area contributed by atoms with E-state index in [-0.39, 0.29) is 40.2 Å². The summed E-state index contributed by atoms with van der Waals surface area (Å²) in [5.74, 6) is 0.520. The predicted octanol–water partition coefficient (Wildman–Crippen LogP) is 25.2. The number of pyridine rings is 4. The van der Waals surface area contributed by atoms with Gasteiger partial charge in [-0.3, -0.25) is 12.1 Å². The Labute approximate surface area is 668 Å². The summed E-state index contributed by atoms with van der Waals surface area (Å²) in [5.41, 5.74) is 33.3. The molecule has 18 rings (SSSR count). The summed E-state index contributed by atoms with van der Waals surface area (Å²) in [5, 5.41) is 0. The van der Waals surface area contributed by atoms with Crippen LogP contribution in [0.5, 0.6) is 0 Å². The molecule has 0 N–H and O–H groups in total. The van der Waals surface area contributed by atoms with Crippen LogP contribution in [0, 0.1) is 36.4 Å². The van der Waals surface area contributed by atoms with E-state index >= 15 is 0 Å². The molecule has 0 amide bonds. The van der Waals surface area contributed by atoms with E-state index in [0.29, 0.717) is 11.4 Å². The van der Waals surface area contributed by atoms with Gasteiger partial charge in [0.25, 0.3) is 0 Å². The molecule has 0 atom stereocenters. The molecule has 0 aliphatic heterocycles. The number of aromatic nitrogens is 6. The third-order valence-corrected chi connectivity index (χ3v) is 19.8. The zero-order chi connectivity index (χ0) is 72.0. The Morgan fingerprint density at radius 2 is 0.382 bits per heavy atom. The molecule has 0 fully saturated rings. The van der Waals surface area contributed by atoms with Crippen LogP contribution >= 0.6 is 0 Å². The van der Waals surface area contributed by atoms with Crippen LogP contribution in [-0.2, 0) is 40.2 Å². The maximum absolute atomic E-state index is 5.07. The monoisotopic (exact) mass is 1760 g/mol. The quantitative estimate of drug-likeness (QED) is 0.0846. The molecule has 0 saturated carbocycles. The average molecular weight is 1760 g/mol. The molecule has 6 nitrogen and oxygen atoms in total. The first kappa shape index (κ1) is 71.1. The van der Waals surface area contributed by atoms with E-state index in [1.807, 2.05) is 122 Å². The molecule has 5 aromatic heterocycles. The molecule has 518 valence electrons. The number of benzene rings is 13. The molecule has 5 heterocycles. The third-order valence-electron chi connectivity index (χ3n) is 19.8. The van der Waals surface area contributed by atoms with E-state index in [1.54, 1.807) is 0 Å². The summed E-state index contributed by atoms with van der Waals surface area (Å²) >= 11 is 0. The minimum Gasteiger partial charge on any atom is -0.332 e. The van der Waals surface area contributed by atoms with Gasteiger partial charge in [-0.2, -0.15) is 5.56 Å². The molecular weight excluding hydrogens is 1690 g/mol. The molecule has 0 unspecified atom stereocenters. The van der Waals surface area contributed by atoms with Crippen molar-refractivity contribution in [1.29, 1.82) is 0 Å². The molecule has 13 aromatic carbocycles. The first-order chi connectivity index (χ1) is 53.5. The number of nitrogens with zero attached hydrogens (tertiary/aromatic N) is 6. The zero-order valence-corrected chi connectivity index (χ0v) is 63.9. The Bertz CT molecular complexity index is 5550. The molecule has 0 aliphatic carbocycles. The van der Waals surface area contributed by atoms with Gasteiger partial charge >= 0.3 is 40.2 Å². The van der Waals surface area contributed by atoms with Crippen molar-refractivity contribution in [1.82, 2.24) is 29.9 Å². The fourth-order valence-corrected chi connectivity index (χ4v) is 14.5. The maximum atomic E-state index is 5.07. The molecule has 0 saturated heterocycles. The second kappa shape index (κ2) is 32.5. The van der Waals surface area contributed by atoms with Crippen LogP contribution in [-0.4, -0.2) is 29.9 Å². The Balaban J connectivity index is 0.00000460. The van der Waals surface area contributed by atoms with E-state index in [2.05, 4.69) is 311 Å². The van der Waals surface area contributed by atoms with Crippen LogP contribution in [0.25, 0.3) is 190 Å². The molecule has 0 spiro atoms. The first-order valence-corrected chi connectivity index (χ1v) is 35.9. The molecule has 8 heteroatoms. The Hall–Kier alpha value is -13.2. The van der Waals surface area contributed by atoms with Crippen molar-refractivity contribution >= 4 is 0 Å². The molecule has 0 radical (unpaired) electrons.